The maximum Gasteiger partial charge on any atom is 0.187 e. The molecule has 3 atom stereocenters. The van der Waals surface area contributed by atoms with Crippen molar-refractivity contribution in [3.8, 4) is 0 Å². The first-order valence-corrected chi connectivity index (χ1v) is 9.56. The first-order valence-electron chi connectivity index (χ1n) is 9.56. The lowest BCUT2D eigenvalue weighted by Gasteiger charge is -2.37. The minimum Gasteiger partial charge on any atom is -0.238 e. The third kappa shape index (κ3) is 4.38. The first-order chi connectivity index (χ1) is 12.6. The number of benzene rings is 2. The van der Waals surface area contributed by atoms with Crippen LogP contribution in [0, 0.1) is 24.3 Å². The van der Waals surface area contributed by atoms with Crippen molar-refractivity contribution in [2.75, 3.05) is 0 Å². The van der Waals surface area contributed by atoms with Gasteiger partial charge in [-0.15, -0.1) is 0 Å². The van der Waals surface area contributed by atoms with Crippen LogP contribution in [0.1, 0.15) is 51.5 Å². The molecule has 1 aliphatic rings. The van der Waals surface area contributed by atoms with Crippen LogP contribution < -0.4 is 0 Å². The molecule has 0 heterocycles. The largest absolute Gasteiger partial charge is 0.238 e. The molecule has 3 heteroatoms. The minimum atomic E-state index is 0.620. The molecule has 3 nitrogen and oxygen atoms in total. The summed E-state index contributed by atoms with van der Waals surface area (Å²) in [5, 5.41) is 8.61. The van der Waals surface area contributed by atoms with E-state index in [4.69, 9.17) is 6.57 Å². The summed E-state index contributed by atoms with van der Waals surface area (Å²) in [6, 6.07) is 15.8. The zero-order valence-electron chi connectivity index (χ0n) is 15.9. The van der Waals surface area contributed by atoms with Gasteiger partial charge in [0.15, 0.2) is 5.69 Å². The van der Waals surface area contributed by atoms with Gasteiger partial charge in [0, 0.05) is 0 Å². The van der Waals surface area contributed by atoms with Crippen LogP contribution in [0.3, 0.4) is 0 Å². The van der Waals surface area contributed by atoms with Gasteiger partial charge in [-0.05, 0) is 66.3 Å². The van der Waals surface area contributed by atoms with E-state index in [2.05, 4.69) is 60.1 Å². The molecule has 0 N–H and O–H groups in total. The lowest BCUT2D eigenvalue weighted by atomic mass is 9.67. The molecule has 0 saturated heterocycles. The molecule has 0 radical (unpaired) electrons. The molecular formula is C23H27N3. The molecule has 0 unspecified atom stereocenters. The molecule has 0 amide bonds. The fourth-order valence-electron chi connectivity index (χ4n) is 4.08. The van der Waals surface area contributed by atoms with Gasteiger partial charge in [0.05, 0.1) is 17.9 Å². The van der Waals surface area contributed by atoms with Crippen LogP contribution in [0.5, 0.6) is 0 Å². The quantitative estimate of drug-likeness (QED) is 0.399. The molecule has 2 aromatic rings. The highest BCUT2D eigenvalue weighted by molar-refractivity contribution is 5.51. The molecule has 134 valence electrons. The molecule has 0 aromatic heterocycles. The van der Waals surface area contributed by atoms with Gasteiger partial charge in [0.1, 0.15) is 0 Å². The van der Waals surface area contributed by atoms with Crippen molar-refractivity contribution in [2.45, 2.75) is 46.0 Å². The summed E-state index contributed by atoms with van der Waals surface area (Å²) in [6.07, 6.45) is 3.99. The molecular weight excluding hydrogens is 318 g/mol. The van der Waals surface area contributed by atoms with Crippen molar-refractivity contribution in [3.63, 3.8) is 0 Å². The summed E-state index contributed by atoms with van der Waals surface area (Å²) in [5.74, 6) is 2.98. The van der Waals surface area contributed by atoms with Crippen LogP contribution in [0.15, 0.2) is 58.8 Å². The molecule has 0 aliphatic heterocycles. The van der Waals surface area contributed by atoms with Gasteiger partial charge >= 0.3 is 0 Å². The first kappa shape index (κ1) is 18.3. The van der Waals surface area contributed by atoms with E-state index in [1.807, 2.05) is 12.1 Å². The van der Waals surface area contributed by atoms with Crippen LogP contribution in [0.2, 0.25) is 0 Å². The molecule has 1 saturated carbocycles. The van der Waals surface area contributed by atoms with Crippen LogP contribution in [-0.4, -0.2) is 0 Å². The standard InChI is InChI=1S/C23H27N3/c1-16(2)22-14-5-17(3)15-23(22)18-6-8-20(9-7-18)25-26-21-12-10-19(24-4)11-13-21/h6-13,16-17,22-23H,5,14-15H2,1-3H3/t17-,22+,23+/m0/s1. The highest BCUT2D eigenvalue weighted by Crippen LogP contribution is 2.44. The molecule has 3 rings (SSSR count). The Morgan fingerprint density at radius 2 is 1.50 bits per heavy atom. The monoisotopic (exact) mass is 345 g/mol. The van der Waals surface area contributed by atoms with Crippen LogP contribution >= 0.6 is 0 Å². The highest BCUT2D eigenvalue weighted by Gasteiger charge is 2.31. The molecule has 0 spiro atoms. The van der Waals surface area contributed by atoms with E-state index in [1.54, 1.807) is 12.1 Å². The molecule has 1 fully saturated rings. The van der Waals surface area contributed by atoms with Gasteiger partial charge in [0.2, 0.25) is 0 Å². The second-order valence-corrected chi connectivity index (χ2v) is 7.85. The van der Waals surface area contributed by atoms with E-state index in [0.717, 1.165) is 29.1 Å². The maximum atomic E-state index is 6.98. The second-order valence-electron chi connectivity index (χ2n) is 7.85. The van der Waals surface area contributed by atoms with E-state index in [-0.39, 0.29) is 0 Å². The Morgan fingerprint density at radius 3 is 2.04 bits per heavy atom. The fraction of sp³-hybridized carbons (Fsp3) is 0.435. The van der Waals surface area contributed by atoms with Gasteiger partial charge < -0.3 is 0 Å². The number of hydrogen-bond acceptors (Lipinski definition) is 2. The Balaban J connectivity index is 1.72. The van der Waals surface area contributed by atoms with Crippen LogP contribution in [-0.2, 0) is 0 Å². The third-order valence-electron chi connectivity index (χ3n) is 5.60. The number of hydrogen-bond donors (Lipinski definition) is 0. The summed E-state index contributed by atoms with van der Waals surface area (Å²) < 4.78 is 0. The van der Waals surface area contributed by atoms with Gasteiger partial charge in [-0.2, -0.15) is 10.2 Å². The average Bonchev–Trinajstić information content (AvgIpc) is 2.67. The number of nitrogens with zero attached hydrogens (tertiary/aromatic N) is 3. The van der Waals surface area contributed by atoms with Crippen molar-refractivity contribution in [1.82, 2.24) is 0 Å². The Kier molecular flexibility index (Phi) is 5.83. The summed E-state index contributed by atoms with van der Waals surface area (Å²) >= 11 is 0. The zero-order valence-corrected chi connectivity index (χ0v) is 15.9. The van der Waals surface area contributed by atoms with E-state index in [1.165, 1.54) is 24.8 Å². The van der Waals surface area contributed by atoms with E-state index >= 15 is 0 Å². The Hall–Kier alpha value is -2.47. The van der Waals surface area contributed by atoms with E-state index in [0.29, 0.717) is 11.6 Å². The van der Waals surface area contributed by atoms with Gasteiger partial charge in [0.25, 0.3) is 0 Å². The Morgan fingerprint density at radius 1 is 0.923 bits per heavy atom. The Labute approximate surface area is 157 Å². The Bertz CT molecular complexity index is 782. The summed E-state index contributed by atoms with van der Waals surface area (Å²) in [5.41, 5.74) is 3.70. The second kappa shape index (κ2) is 8.27. The van der Waals surface area contributed by atoms with Crippen molar-refractivity contribution in [2.24, 2.45) is 28.0 Å². The lowest BCUT2D eigenvalue weighted by molar-refractivity contribution is 0.197. The number of rotatable bonds is 4. The molecule has 0 bridgehead atoms. The van der Waals surface area contributed by atoms with E-state index in [9.17, 15) is 0 Å². The minimum absolute atomic E-state index is 0.620. The van der Waals surface area contributed by atoms with Crippen molar-refractivity contribution in [3.05, 3.63) is 65.5 Å². The fourth-order valence-corrected chi connectivity index (χ4v) is 4.08. The van der Waals surface area contributed by atoms with Crippen molar-refractivity contribution in [1.29, 1.82) is 0 Å². The summed E-state index contributed by atoms with van der Waals surface area (Å²) in [7, 11) is 0. The smallest absolute Gasteiger partial charge is 0.187 e. The normalized spacial score (nSPS) is 23.3. The summed E-state index contributed by atoms with van der Waals surface area (Å²) in [6.45, 7) is 14.1. The van der Waals surface area contributed by atoms with Gasteiger partial charge in [-0.3, -0.25) is 0 Å². The molecule has 1 aliphatic carbocycles. The molecule has 2 aromatic carbocycles. The summed E-state index contributed by atoms with van der Waals surface area (Å²) in [4.78, 5) is 3.39. The maximum absolute atomic E-state index is 6.98. The lowest BCUT2D eigenvalue weighted by Crippen LogP contribution is -2.26. The van der Waals surface area contributed by atoms with Gasteiger partial charge in [-0.1, -0.05) is 51.5 Å². The van der Waals surface area contributed by atoms with Crippen molar-refractivity contribution >= 4 is 17.1 Å². The third-order valence-corrected chi connectivity index (χ3v) is 5.60. The van der Waals surface area contributed by atoms with Crippen molar-refractivity contribution < 1.29 is 0 Å². The highest BCUT2D eigenvalue weighted by atomic mass is 15.1. The van der Waals surface area contributed by atoms with Crippen LogP contribution in [0.25, 0.3) is 4.85 Å². The zero-order chi connectivity index (χ0) is 18.5. The topological polar surface area (TPSA) is 29.1 Å². The average molecular weight is 345 g/mol. The number of azo groups is 1. The van der Waals surface area contributed by atoms with Gasteiger partial charge in [-0.25, -0.2) is 4.85 Å². The predicted octanol–water partition coefficient (Wildman–Crippen LogP) is 7.83. The predicted molar refractivity (Wildman–Crippen MR) is 107 cm³/mol. The van der Waals surface area contributed by atoms with E-state index < -0.39 is 0 Å². The SMILES string of the molecule is [C-]#[N+]c1ccc(N=Nc2ccc([C@H]3C[C@@H](C)CC[C@@H]3C(C)C)cc2)cc1. The van der Waals surface area contributed by atoms with Crippen LogP contribution in [0.4, 0.5) is 17.1 Å². The molecule has 26 heavy (non-hydrogen) atoms.